The molecule has 0 radical (unpaired) electrons. The molecule has 0 amide bonds. The van der Waals surface area contributed by atoms with Crippen molar-refractivity contribution in [3.8, 4) is 11.5 Å². The van der Waals surface area contributed by atoms with Crippen LogP contribution in [-0.2, 0) is 0 Å². The van der Waals surface area contributed by atoms with Crippen LogP contribution in [0.2, 0.25) is 0 Å². The summed E-state index contributed by atoms with van der Waals surface area (Å²) < 4.78 is 0. The number of benzene rings is 1. The Kier molecular flexibility index (Phi) is 6.91. The lowest BCUT2D eigenvalue weighted by molar-refractivity contribution is 0.0686. The van der Waals surface area contributed by atoms with Gasteiger partial charge in [-0.3, -0.25) is 4.98 Å². The lowest BCUT2D eigenvalue weighted by Crippen LogP contribution is -1.94. The van der Waals surface area contributed by atoms with E-state index in [0.717, 1.165) is 12.1 Å². The number of nitrogens with zero attached hydrogens (tertiary/aromatic N) is 1. The van der Waals surface area contributed by atoms with Gasteiger partial charge in [-0.05, 0) is 30.3 Å². The molecular formula is C13H13NO7. The SMILES string of the molecule is O.O=C(O)c1ccc(O)c(O)c1.O=C(O)c1ccncc1. The van der Waals surface area contributed by atoms with Gasteiger partial charge >= 0.3 is 11.9 Å². The topological polar surface area (TPSA) is 159 Å². The number of carbonyl (C=O) groups is 2. The van der Waals surface area contributed by atoms with Crippen molar-refractivity contribution in [2.45, 2.75) is 0 Å². The number of aromatic carboxylic acids is 2. The van der Waals surface area contributed by atoms with Gasteiger partial charge in [-0.1, -0.05) is 0 Å². The van der Waals surface area contributed by atoms with Crippen molar-refractivity contribution in [1.82, 2.24) is 4.98 Å². The minimum Gasteiger partial charge on any atom is -0.504 e. The van der Waals surface area contributed by atoms with E-state index in [-0.39, 0.29) is 22.4 Å². The molecule has 0 saturated heterocycles. The number of aromatic hydroxyl groups is 2. The maximum atomic E-state index is 10.3. The summed E-state index contributed by atoms with van der Waals surface area (Å²) in [4.78, 5) is 24.1. The molecule has 1 aromatic heterocycles. The number of hydrogen-bond donors (Lipinski definition) is 4. The van der Waals surface area contributed by atoms with Gasteiger partial charge in [0.25, 0.3) is 0 Å². The minimum absolute atomic E-state index is 0. The third-order valence-corrected chi connectivity index (χ3v) is 2.15. The summed E-state index contributed by atoms with van der Waals surface area (Å²) in [6.45, 7) is 0. The van der Waals surface area contributed by atoms with E-state index in [0.29, 0.717) is 0 Å². The highest BCUT2D eigenvalue weighted by atomic mass is 16.4. The molecule has 0 bridgehead atoms. The quantitative estimate of drug-likeness (QED) is 0.594. The van der Waals surface area contributed by atoms with Crippen LogP contribution >= 0.6 is 0 Å². The summed E-state index contributed by atoms with van der Waals surface area (Å²) in [6, 6.07) is 6.21. The molecule has 6 N–H and O–H groups in total. The molecule has 8 heteroatoms. The summed E-state index contributed by atoms with van der Waals surface area (Å²) in [6.07, 6.45) is 2.90. The average Bonchev–Trinajstić information content (AvgIpc) is 2.43. The van der Waals surface area contributed by atoms with Gasteiger partial charge in [0.05, 0.1) is 11.1 Å². The predicted molar refractivity (Wildman–Crippen MR) is 71.5 cm³/mol. The number of aromatic nitrogens is 1. The molecular weight excluding hydrogens is 282 g/mol. The molecule has 0 aliphatic carbocycles. The third-order valence-electron chi connectivity index (χ3n) is 2.15. The van der Waals surface area contributed by atoms with E-state index >= 15 is 0 Å². The second-order valence-electron chi connectivity index (χ2n) is 3.55. The molecule has 2 aromatic rings. The molecule has 0 unspecified atom stereocenters. The fourth-order valence-electron chi connectivity index (χ4n) is 1.15. The van der Waals surface area contributed by atoms with Gasteiger partial charge < -0.3 is 25.9 Å². The number of carboxylic acids is 2. The maximum absolute atomic E-state index is 10.3. The van der Waals surface area contributed by atoms with Crippen LogP contribution in [0, 0.1) is 0 Å². The summed E-state index contributed by atoms with van der Waals surface area (Å²) in [5.74, 6) is -2.81. The average molecular weight is 295 g/mol. The lowest BCUT2D eigenvalue weighted by Gasteiger charge is -1.97. The molecule has 1 aromatic carbocycles. The van der Waals surface area contributed by atoms with Crippen molar-refractivity contribution in [2.24, 2.45) is 0 Å². The molecule has 0 fully saturated rings. The van der Waals surface area contributed by atoms with E-state index in [1.165, 1.54) is 30.6 Å². The Morgan fingerprint density at radius 3 is 1.71 bits per heavy atom. The van der Waals surface area contributed by atoms with E-state index in [4.69, 9.17) is 20.4 Å². The molecule has 112 valence electrons. The number of rotatable bonds is 2. The number of phenols is 2. The van der Waals surface area contributed by atoms with Crippen molar-refractivity contribution >= 4 is 11.9 Å². The third kappa shape index (κ3) is 5.57. The summed E-state index contributed by atoms with van der Waals surface area (Å²) >= 11 is 0. The second-order valence-corrected chi connectivity index (χ2v) is 3.55. The van der Waals surface area contributed by atoms with Crippen LogP contribution in [0.25, 0.3) is 0 Å². The maximum Gasteiger partial charge on any atom is 0.335 e. The Bertz CT molecular complexity index is 613. The Hall–Kier alpha value is -3.13. The van der Waals surface area contributed by atoms with Gasteiger partial charge in [0, 0.05) is 12.4 Å². The molecule has 0 saturated carbocycles. The van der Waals surface area contributed by atoms with Crippen molar-refractivity contribution in [3.63, 3.8) is 0 Å². The molecule has 8 nitrogen and oxygen atoms in total. The number of pyridine rings is 1. The van der Waals surface area contributed by atoms with Crippen LogP contribution in [0.4, 0.5) is 0 Å². The van der Waals surface area contributed by atoms with Gasteiger partial charge in [-0.2, -0.15) is 0 Å². The van der Waals surface area contributed by atoms with E-state index < -0.39 is 17.7 Å². The van der Waals surface area contributed by atoms with Gasteiger partial charge in [0.2, 0.25) is 0 Å². The standard InChI is InChI=1S/C7H6O4.C6H5NO2.H2O/c8-5-2-1-4(7(10)11)3-6(5)9;8-6(9)5-1-3-7-4-2-5;/h1-3,8-9H,(H,10,11);1-4H,(H,8,9);1H2. The van der Waals surface area contributed by atoms with Crippen molar-refractivity contribution in [1.29, 1.82) is 0 Å². The van der Waals surface area contributed by atoms with Crippen LogP contribution in [-0.4, -0.2) is 42.8 Å². The molecule has 0 aliphatic rings. The Morgan fingerprint density at radius 1 is 0.810 bits per heavy atom. The van der Waals surface area contributed by atoms with E-state index in [1.807, 2.05) is 0 Å². The zero-order chi connectivity index (χ0) is 15.1. The Morgan fingerprint density at radius 2 is 1.33 bits per heavy atom. The summed E-state index contributed by atoms with van der Waals surface area (Å²) in [5.41, 5.74) is 0.213. The van der Waals surface area contributed by atoms with Crippen LogP contribution < -0.4 is 0 Å². The molecule has 21 heavy (non-hydrogen) atoms. The second kappa shape index (κ2) is 8.12. The molecule has 2 rings (SSSR count). The first-order chi connectivity index (χ1) is 9.41. The minimum atomic E-state index is -1.14. The van der Waals surface area contributed by atoms with Crippen LogP contribution in [0.3, 0.4) is 0 Å². The van der Waals surface area contributed by atoms with Crippen molar-refractivity contribution in [2.75, 3.05) is 0 Å². The van der Waals surface area contributed by atoms with Crippen LogP contribution in [0.15, 0.2) is 42.7 Å². The zero-order valence-corrected chi connectivity index (χ0v) is 10.6. The number of carboxylic acid groups (broad SMARTS) is 2. The molecule has 0 aliphatic heterocycles. The van der Waals surface area contributed by atoms with E-state index in [2.05, 4.69) is 4.98 Å². The smallest absolute Gasteiger partial charge is 0.335 e. The largest absolute Gasteiger partial charge is 0.504 e. The van der Waals surface area contributed by atoms with Crippen LogP contribution in [0.5, 0.6) is 11.5 Å². The van der Waals surface area contributed by atoms with E-state index in [9.17, 15) is 9.59 Å². The highest BCUT2D eigenvalue weighted by Gasteiger charge is 2.05. The molecule has 0 atom stereocenters. The molecule has 1 heterocycles. The van der Waals surface area contributed by atoms with E-state index in [1.54, 1.807) is 0 Å². The Labute approximate surface area is 118 Å². The van der Waals surface area contributed by atoms with Gasteiger partial charge in [0.15, 0.2) is 11.5 Å². The van der Waals surface area contributed by atoms with Crippen LogP contribution in [0.1, 0.15) is 20.7 Å². The Balaban J connectivity index is 0.000000370. The van der Waals surface area contributed by atoms with Crippen molar-refractivity contribution < 1.29 is 35.5 Å². The zero-order valence-electron chi connectivity index (χ0n) is 10.6. The lowest BCUT2D eigenvalue weighted by atomic mass is 10.2. The highest BCUT2D eigenvalue weighted by Crippen LogP contribution is 2.24. The first kappa shape index (κ1) is 17.9. The van der Waals surface area contributed by atoms with Gasteiger partial charge in [0.1, 0.15) is 0 Å². The fourth-order valence-corrected chi connectivity index (χ4v) is 1.15. The fraction of sp³-hybridized carbons (Fsp3) is 0. The predicted octanol–water partition coefficient (Wildman–Crippen LogP) is 0.751. The van der Waals surface area contributed by atoms with Crippen molar-refractivity contribution in [3.05, 3.63) is 53.9 Å². The summed E-state index contributed by atoms with van der Waals surface area (Å²) in [7, 11) is 0. The normalized spacial score (nSPS) is 8.76. The van der Waals surface area contributed by atoms with Gasteiger partial charge in [-0.25, -0.2) is 9.59 Å². The first-order valence-corrected chi connectivity index (χ1v) is 5.30. The number of phenolic OH excluding ortho intramolecular Hbond substituents is 2. The monoisotopic (exact) mass is 295 g/mol. The summed E-state index contributed by atoms with van der Waals surface area (Å²) in [5, 5.41) is 34.4. The number of hydrogen-bond acceptors (Lipinski definition) is 5. The first-order valence-electron chi connectivity index (χ1n) is 5.30. The molecule has 0 spiro atoms. The van der Waals surface area contributed by atoms with Gasteiger partial charge in [-0.15, -0.1) is 0 Å². The highest BCUT2D eigenvalue weighted by molar-refractivity contribution is 5.88.